The van der Waals surface area contributed by atoms with E-state index in [0.717, 1.165) is 61.6 Å². The van der Waals surface area contributed by atoms with E-state index in [9.17, 15) is 4.79 Å². The molecule has 3 aromatic rings. The van der Waals surface area contributed by atoms with E-state index in [1.807, 2.05) is 35.6 Å². The average Bonchev–Trinajstić information content (AvgIpc) is 3.28. The molecule has 2 aliphatic heterocycles. The topological polar surface area (TPSA) is 75.2 Å². The number of benzene rings is 1. The van der Waals surface area contributed by atoms with Gasteiger partial charge in [-0.05, 0) is 62.9 Å². The molecule has 7 heteroatoms. The molecule has 7 nitrogen and oxygen atoms in total. The summed E-state index contributed by atoms with van der Waals surface area (Å²) in [5, 5.41) is 9.48. The van der Waals surface area contributed by atoms with Gasteiger partial charge in [0, 0.05) is 41.9 Å². The van der Waals surface area contributed by atoms with E-state index < -0.39 is 0 Å². The zero-order chi connectivity index (χ0) is 20.9. The second-order valence-corrected chi connectivity index (χ2v) is 8.61. The first-order valence-corrected chi connectivity index (χ1v) is 10.7. The molecule has 1 amide bonds. The number of methoxy groups -OCH3 is 1. The molecule has 0 saturated carbocycles. The van der Waals surface area contributed by atoms with Crippen LogP contribution < -0.4 is 10.1 Å². The van der Waals surface area contributed by atoms with Crippen molar-refractivity contribution in [3.63, 3.8) is 0 Å². The van der Waals surface area contributed by atoms with Gasteiger partial charge in [0.2, 0.25) is 5.91 Å². The van der Waals surface area contributed by atoms with Crippen LogP contribution in [0.25, 0.3) is 10.9 Å². The number of hydrogen-bond donors (Lipinski definition) is 2. The molecule has 0 bridgehead atoms. The molecule has 1 aromatic carbocycles. The lowest BCUT2D eigenvalue weighted by atomic mass is 9.79. The number of aryl methyl sites for hydroxylation is 2. The molecular formula is C23H29N5O2. The molecule has 0 radical (unpaired) electrons. The van der Waals surface area contributed by atoms with Gasteiger partial charge in [-0.1, -0.05) is 0 Å². The lowest BCUT2D eigenvalue weighted by molar-refractivity contribution is -0.134. The van der Waals surface area contributed by atoms with E-state index in [2.05, 4.69) is 27.5 Å². The van der Waals surface area contributed by atoms with E-state index in [0.29, 0.717) is 6.54 Å². The summed E-state index contributed by atoms with van der Waals surface area (Å²) in [5.74, 6) is 1.04. The van der Waals surface area contributed by atoms with Crippen LogP contribution in [0.4, 0.5) is 0 Å². The van der Waals surface area contributed by atoms with Crippen molar-refractivity contribution >= 4 is 16.8 Å². The van der Waals surface area contributed by atoms with E-state index >= 15 is 0 Å². The number of aromatic amines is 1. The van der Waals surface area contributed by atoms with Gasteiger partial charge in [0.15, 0.2) is 0 Å². The Morgan fingerprint density at radius 2 is 2.03 bits per heavy atom. The summed E-state index contributed by atoms with van der Waals surface area (Å²) >= 11 is 0. The molecular weight excluding hydrogens is 378 g/mol. The van der Waals surface area contributed by atoms with Crippen molar-refractivity contribution in [1.82, 2.24) is 25.0 Å². The van der Waals surface area contributed by atoms with Crippen LogP contribution in [0.1, 0.15) is 35.5 Å². The first-order chi connectivity index (χ1) is 14.5. The summed E-state index contributed by atoms with van der Waals surface area (Å²) < 4.78 is 7.25. The number of hydrogen-bond acceptors (Lipinski definition) is 4. The first-order valence-electron chi connectivity index (χ1n) is 10.7. The van der Waals surface area contributed by atoms with Crippen molar-refractivity contribution in [1.29, 1.82) is 0 Å². The number of nitrogens with one attached hydrogen (secondary N) is 2. The molecule has 1 fully saturated rings. The molecule has 2 N–H and O–H groups in total. The molecule has 158 valence electrons. The maximum atomic E-state index is 12.9. The van der Waals surface area contributed by atoms with Gasteiger partial charge in [-0.2, -0.15) is 5.10 Å². The van der Waals surface area contributed by atoms with Crippen molar-refractivity contribution in [2.24, 2.45) is 0 Å². The maximum Gasteiger partial charge on any atom is 0.244 e. The minimum absolute atomic E-state index is 0.0885. The maximum absolute atomic E-state index is 12.9. The zero-order valence-corrected chi connectivity index (χ0v) is 17.9. The largest absolute Gasteiger partial charge is 0.497 e. The fraction of sp³-hybridized carbons (Fsp3) is 0.478. The van der Waals surface area contributed by atoms with E-state index in [4.69, 9.17) is 4.74 Å². The highest BCUT2D eigenvalue weighted by atomic mass is 16.5. The quantitative estimate of drug-likeness (QED) is 0.700. The number of fused-ring (bicyclic) bond motifs is 4. The summed E-state index contributed by atoms with van der Waals surface area (Å²) in [5.41, 5.74) is 5.74. The van der Waals surface area contributed by atoms with Crippen LogP contribution in [0.15, 0.2) is 24.3 Å². The molecule has 4 heterocycles. The smallest absolute Gasteiger partial charge is 0.244 e. The number of amides is 1. The van der Waals surface area contributed by atoms with Crippen LogP contribution in [-0.4, -0.2) is 52.3 Å². The number of carbonyl (C=O) groups excluding carboxylic acids is 1. The Hall–Kier alpha value is -2.80. The first kappa shape index (κ1) is 19.2. The number of rotatable bonds is 3. The van der Waals surface area contributed by atoms with Gasteiger partial charge in [-0.3, -0.25) is 9.48 Å². The van der Waals surface area contributed by atoms with Crippen LogP contribution in [0.3, 0.4) is 0 Å². The molecule has 0 unspecified atom stereocenters. The predicted octanol–water partition coefficient (Wildman–Crippen LogP) is 2.65. The monoisotopic (exact) mass is 407 g/mol. The molecule has 5 rings (SSSR count). The normalized spacial score (nSPS) is 18.0. The Labute approximate surface area is 176 Å². The van der Waals surface area contributed by atoms with Gasteiger partial charge in [0.25, 0.3) is 0 Å². The second-order valence-electron chi connectivity index (χ2n) is 8.61. The van der Waals surface area contributed by atoms with E-state index in [1.54, 1.807) is 7.11 Å². The molecule has 1 saturated heterocycles. The highest BCUT2D eigenvalue weighted by molar-refractivity contribution is 5.87. The molecule has 0 aliphatic carbocycles. The second kappa shape index (κ2) is 7.16. The third-order valence-corrected chi connectivity index (χ3v) is 6.79. The predicted molar refractivity (Wildman–Crippen MR) is 116 cm³/mol. The molecule has 2 aliphatic rings. The Kier molecular flexibility index (Phi) is 4.58. The zero-order valence-electron chi connectivity index (χ0n) is 17.9. The fourth-order valence-corrected chi connectivity index (χ4v) is 5.16. The van der Waals surface area contributed by atoms with Crippen LogP contribution in [0.2, 0.25) is 0 Å². The number of nitrogens with zero attached hydrogens (tertiary/aromatic N) is 3. The van der Waals surface area contributed by atoms with Crippen LogP contribution >= 0.6 is 0 Å². The molecule has 0 atom stereocenters. The summed E-state index contributed by atoms with van der Waals surface area (Å²) in [7, 11) is 1.71. The van der Waals surface area contributed by atoms with Gasteiger partial charge < -0.3 is 19.9 Å². The van der Waals surface area contributed by atoms with Crippen molar-refractivity contribution in [2.75, 3.05) is 26.7 Å². The summed E-state index contributed by atoms with van der Waals surface area (Å²) in [6.45, 7) is 6.73. The SMILES string of the molecule is COc1ccc2[nH]c3c(c2c1)CCNC31CCN(C(=O)Cn2nc(C)cc2C)CC1. The van der Waals surface area contributed by atoms with Crippen molar-refractivity contribution in [2.45, 2.75) is 45.2 Å². The van der Waals surface area contributed by atoms with Gasteiger partial charge in [-0.25, -0.2) is 0 Å². The van der Waals surface area contributed by atoms with Gasteiger partial charge in [-0.15, -0.1) is 0 Å². The number of likely N-dealkylation sites (tertiary alicyclic amines) is 1. The number of piperidine rings is 1. The third-order valence-electron chi connectivity index (χ3n) is 6.79. The van der Waals surface area contributed by atoms with E-state index in [-0.39, 0.29) is 11.4 Å². The van der Waals surface area contributed by atoms with Gasteiger partial charge in [0.1, 0.15) is 12.3 Å². The van der Waals surface area contributed by atoms with Crippen LogP contribution in [0.5, 0.6) is 5.75 Å². The Morgan fingerprint density at radius 3 is 2.73 bits per heavy atom. The Bertz CT molecular complexity index is 1100. The minimum Gasteiger partial charge on any atom is -0.497 e. The molecule has 1 spiro atoms. The highest BCUT2D eigenvalue weighted by Crippen LogP contribution is 2.40. The number of carbonyl (C=O) groups is 1. The Balaban J connectivity index is 1.36. The van der Waals surface area contributed by atoms with Crippen molar-refractivity contribution < 1.29 is 9.53 Å². The summed E-state index contributed by atoms with van der Waals surface area (Å²) in [4.78, 5) is 18.6. The van der Waals surface area contributed by atoms with Gasteiger partial charge in [0.05, 0.1) is 18.3 Å². The third kappa shape index (κ3) is 3.08. The summed E-state index contributed by atoms with van der Waals surface area (Å²) in [6.07, 6.45) is 2.82. The Morgan fingerprint density at radius 1 is 1.23 bits per heavy atom. The van der Waals surface area contributed by atoms with E-state index in [1.165, 1.54) is 16.6 Å². The summed E-state index contributed by atoms with van der Waals surface area (Å²) in [6, 6.07) is 8.26. The fourth-order valence-electron chi connectivity index (χ4n) is 5.16. The molecule has 30 heavy (non-hydrogen) atoms. The van der Waals surface area contributed by atoms with Gasteiger partial charge >= 0.3 is 0 Å². The number of ether oxygens (including phenoxy) is 1. The van der Waals surface area contributed by atoms with Crippen LogP contribution in [-0.2, 0) is 23.3 Å². The number of H-pyrrole nitrogens is 1. The van der Waals surface area contributed by atoms with Crippen molar-refractivity contribution in [3.05, 3.63) is 46.9 Å². The van der Waals surface area contributed by atoms with Crippen LogP contribution in [0, 0.1) is 13.8 Å². The average molecular weight is 408 g/mol. The minimum atomic E-state index is -0.0885. The highest BCUT2D eigenvalue weighted by Gasteiger charge is 2.42. The molecule has 2 aromatic heterocycles. The lowest BCUT2D eigenvalue weighted by Crippen LogP contribution is -2.55. The van der Waals surface area contributed by atoms with Crippen molar-refractivity contribution in [3.8, 4) is 5.75 Å². The number of aromatic nitrogens is 3. The standard InChI is InChI=1S/C23H29N5O2/c1-15-12-16(2)28(26-15)14-21(29)27-10-7-23(8-11-27)22-18(6-9-24-23)19-13-17(30-3)4-5-20(19)25-22/h4-5,12-13,24-25H,6-11,14H2,1-3H3. The lowest BCUT2D eigenvalue weighted by Gasteiger charge is -2.44.